The van der Waals surface area contributed by atoms with Gasteiger partial charge in [0.1, 0.15) is 0 Å². The summed E-state index contributed by atoms with van der Waals surface area (Å²) in [6, 6.07) is 10.9. The van der Waals surface area contributed by atoms with Gasteiger partial charge in [0.25, 0.3) is 0 Å². The molecule has 2 rings (SSSR count). The second kappa shape index (κ2) is 4.58. The Morgan fingerprint density at radius 2 is 2.07 bits per heavy atom. The van der Waals surface area contributed by atoms with E-state index in [-0.39, 0.29) is 0 Å². The molecule has 1 aromatic rings. The van der Waals surface area contributed by atoms with Gasteiger partial charge in [-0.1, -0.05) is 30.3 Å². The molecule has 0 saturated carbocycles. The lowest BCUT2D eigenvalue weighted by Crippen LogP contribution is -2.32. The van der Waals surface area contributed by atoms with Crippen LogP contribution in [0.2, 0.25) is 0 Å². The molecule has 0 aromatic heterocycles. The lowest BCUT2D eigenvalue weighted by molar-refractivity contribution is 0.176. The summed E-state index contributed by atoms with van der Waals surface area (Å²) in [5, 5.41) is 12.6. The summed E-state index contributed by atoms with van der Waals surface area (Å²) in [6.45, 7) is 1.34. The van der Waals surface area contributed by atoms with Gasteiger partial charge in [0.15, 0.2) is 0 Å². The Morgan fingerprint density at radius 1 is 1.29 bits per heavy atom. The van der Waals surface area contributed by atoms with Crippen LogP contribution < -0.4 is 5.32 Å². The Hall–Kier alpha value is -0.860. The number of aliphatic hydroxyl groups excluding tert-OH is 1. The molecule has 76 valence electrons. The minimum Gasteiger partial charge on any atom is -0.396 e. The molecule has 0 amide bonds. The fourth-order valence-corrected chi connectivity index (χ4v) is 2.10. The Kier molecular flexibility index (Phi) is 3.17. The molecule has 0 radical (unpaired) electrons. The third-order valence-corrected chi connectivity index (χ3v) is 2.97. The van der Waals surface area contributed by atoms with Crippen molar-refractivity contribution in [1.29, 1.82) is 0 Å². The van der Waals surface area contributed by atoms with Crippen molar-refractivity contribution < 1.29 is 5.11 Å². The zero-order chi connectivity index (χ0) is 9.80. The molecule has 1 heterocycles. The van der Waals surface area contributed by atoms with Gasteiger partial charge >= 0.3 is 0 Å². The highest BCUT2D eigenvalue weighted by atomic mass is 16.3. The van der Waals surface area contributed by atoms with Crippen molar-refractivity contribution in [3.8, 4) is 0 Å². The summed E-state index contributed by atoms with van der Waals surface area (Å²) in [6.07, 6.45) is 2.15. The first-order chi connectivity index (χ1) is 6.90. The molecule has 2 heteroatoms. The maximum atomic E-state index is 9.13. The molecule has 1 aromatic carbocycles. The van der Waals surface area contributed by atoms with Crippen LogP contribution in [0.4, 0.5) is 0 Å². The summed E-state index contributed by atoms with van der Waals surface area (Å²) < 4.78 is 0. The quantitative estimate of drug-likeness (QED) is 0.746. The van der Waals surface area contributed by atoms with Gasteiger partial charge in [-0.25, -0.2) is 0 Å². The molecule has 2 atom stereocenters. The van der Waals surface area contributed by atoms with Crippen LogP contribution in [0.15, 0.2) is 30.3 Å². The Balaban J connectivity index is 2.04. The molecule has 1 aliphatic heterocycles. The standard InChI is InChI=1S/C12H17NO/c14-9-10-6-7-13-12(8-10)11-4-2-1-3-5-11/h1-5,10,12-14H,6-9H2/t10-,12-/m1/s1. The van der Waals surface area contributed by atoms with E-state index in [0.29, 0.717) is 18.6 Å². The van der Waals surface area contributed by atoms with E-state index in [1.165, 1.54) is 5.56 Å². The highest BCUT2D eigenvalue weighted by Gasteiger charge is 2.21. The van der Waals surface area contributed by atoms with Crippen LogP contribution in [-0.2, 0) is 0 Å². The molecular formula is C12H17NO. The number of piperidine rings is 1. The van der Waals surface area contributed by atoms with E-state index >= 15 is 0 Å². The second-order valence-electron chi connectivity index (χ2n) is 3.99. The maximum Gasteiger partial charge on any atom is 0.0460 e. The van der Waals surface area contributed by atoms with Crippen molar-refractivity contribution in [3.05, 3.63) is 35.9 Å². The highest BCUT2D eigenvalue weighted by Crippen LogP contribution is 2.26. The van der Waals surface area contributed by atoms with Gasteiger partial charge in [0, 0.05) is 12.6 Å². The third-order valence-electron chi connectivity index (χ3n) is 2.97. The maximum absolute atomic E-state index is 9.13. The summed E-state index contributed by atoms with van der Waals surface area (Å²) >= 11 is 0. The van der Waals surface area contributed by atoms with E-state index in [9.17, 15) is 0 Å². The largest absolute Gasteiger partial charge is 0.396 e. The van der Waals surface area contributed by atoms with Gasteiger partial charge in [-0.3, -0.25) is 0 Å². The third kappa shape index (κ3) is 2.14. The van der Waals surface area contributed by atoms with Crippen molar-refractivity contribution in [1.82, 2.24) is 5.32 Å². The summed E-state index contributed by atoms with van der Waals surface area (Å²) in [7, 11) is 0. The first kappa shape index (κ1) is 9.69. The Bertz CT molecular complexity index is 273. The number of aliphatic hydroxyl groups is 1. The van der Waals surface area contributed by atoms with Gasteiger partial charge in [0.05, 0.1) is 0 Å². The zero-order valence-electron chi connectivity index (χ0n) is 8.32. The van der Waals surface area contributed by atoms with Crippen LogP contribution in [0.5, 0.6) is 0 Å². The fourth-order valence-electron chi connectivity index (χ4n) is 2.10. The van der Waals surface area contributed by atoms with Gasteiger partial charge in [-0.2, -0.15) is 0 Å². The first-order valence-corrected chi connectivity index (χ1v) is 5.29. The number of hydrogen-bond donors (Lipinski definition) is 2. The predicted octanol–water partition coefficient (Wildman–Crippen LogP) is 1.72. The average molecular weight is 191 g/mol. The lowest BCUT2D eigenvalue weighted by atomic mass is 9.89. The monoisotopic (exact) mass is 191 g/mol. The first-order valence-electron chi connectivity index (χ1n) is 5.29. The van der Waals surface area contributed by atoms with Crippen molar-refractivity contribution in [2.24, 2.45) is 5.92 Å². The zero-order valence-corrected chi connectivity index (χ0v) is 8.32. The number of benzene rings is 1. The van der Waals surface area contributed by atoms with Crippen molar-refractivity contribution in [2.45, 2.75) is 18.9 Å². The molecule has 1 fully saturated rings. The van der Waals surface area contributed by atoms with Crippen LogP contribution in [0.3, 0.4) is 0 Å². The predicted molar refractivity (Wildman–Crippen MR) is 57.0 cm³/mol. The SMILES string of the molecule is OC[C@@H]1CCN[C@@H](c2ccccc2)C1. The van der Waals surface area contributed by atoms with Crippen LogP contribution >= 0.6 is 0 Å². The van der Waals surface area contributed by atoms with E-state index < -0.39 is 0 Å². The van der Waals surface area contributed by atoms with Crippen LogP contribution in [0.25, 0.3) is 0 Å². The van der Waals surface area contributed by atoms with E-state index in [4.69, 9.17) is 5.11 Å². The van der Waals surface area contributed by atoms with E-state index in [1.54, 1.807) is 0 Å². The molecule has 0 unspecified atom stereocenters. The lowest BCUT2D eigenvalue weighted by Gasteiger charge is -2.29. The molecule has 0 bridgehead atoms. The molecule has 1 saturated heterocycles. The Morgan fingerprint density at radius 3 is 2.79 bits per heavy atom. The Labute approximate surface area is 85.0 Å². The van der Waals surface area contributed by atoms with Crippen molar-refractivity contribution >= 4 is 0 Å². The molecule has 14 heavy (non-hydrogen) atoms. The number of rotatable bonds is 2. The molecule has 2 N–H and O–H groups in total. The molecule has 0 aliphatic carbocycles. The topological polar surface area (TPSA) is 32.3 Å². The van der Waals surface area contributed by atoms with E-state index in [0.717, 1.165) is 19.4 Å². The van der Waals surface area contributed by atoms with Crippen LogP contribution in [0.1, 0.15) is 24.4 Å². The van der Waals surface area contributed by atoms with Gasteiger partial charge < -0.3 is 10.4 Å². The summed E-state index contributed by atoms with van der Waals surface area (Å²) in [5.41, 5.74) is 1.34. The number of nitrogens with one attached hydrogen (secondary N) is 1. The van der Waals surface area contributed by atoms with E-state index in [2.05, 4.69) is 29.6 Å². The fraction of sp³-hybridized carbons (Fsp3) is 0.500. The molecule has 2 nitrogen and oxygen atoms in total. The van der Waals surface area contributed by atoms with Crippen LogP contribution in [0, 0.1) is 5.92 Å². The van der Waals surface area contributed by atoms with Crippen molar-refractivity contribution in [2.75, 3.05) is 13.2 Å². The summed E-state index contributed by atoms with van der Waals surface area (Å²) in [4.78, 5) is 0. The minimum absolute atomic E-state index is 0.324. The minimum atomic E-state index is 0.324. The van der Waals surface area contributed by atoms with Crippen molar-refractivity contribution in [3.63, 3.8) is 0 Å². The van der Waals surface area contributed by atoms with Crippen LogP contribution in [-0.4, -0.2) is 18.3 Å². The smallest absolute Gasteiger partial charge is 0.0460 e. The highest BCUT2D eigenvalue weighted by molar-refractivity contribution is 5.19. The summed E-state index contributed by atoms with van der Waals surface area (Å²) in [5.74, 6) is 0.474. The average Bonchev–Trinajstić information content (AvgIpc) is 2.30. The molecule has 1 aliphatic rings. The molecule has 0 spiro atoms. The normalized spacial score (nSPS) is 27.5. The molecular weight excluding hydrogens is 174 g/mol. The number of hydrogen-bond acceptors (Lipinski definition) is 2. The van der Waals surface area contributed by atoms with Gasteiger partial charge in [-0.15, -0.1) is 0 Å². The van der Waals surface area contributed by atoms with Gasteiger partial charge in [0.2, 0.25) is 0 Å². The van der Waals surface area contributed by atoms with E-state index in [1.807, 2.05) is 6.07 Å². The van der Waals surface area contributed by atoms with Gasteiger partial charge in [-0.05, 0) is 30.9 Å². The second-order valence-corrected chi connectivity index (χ2v) is 3.99.